The molecule has 1 aromatic carbocycles. The lowest BCUT2D eigenvalue weighted by atomic mass is 9.96. The highest BCUT2D eigenvalue weighted by molar-refractivity contribution is 6.31. The second-order valence-corrected chi connectivity index (χ2v) is 6.80. The molecular weight excluding hydrogens is 336 g/mol. The van der Waals surface area contributed by atoms with Gasteiger partial charge >= 0.3 is 0 Å². The van der Waals surface area contributed by atoms with Crippen molar-refractivity contribution in [2.24, 2.45) is 5.92 Å². The van der Waals surface area contributed by atoms with Gasteiger partial charge < -0.3 is 10.2 Å². The number of hydrogen-bond acceptors (Lipinski definition) is 4. The second-order valence-electron chi connectivity index (χ2n) is 6.39. The molecule has 132 valence electrons. The standard InChI is InChI=1S/C19H23ClN4O/c1-14-6-10-22-19(23-14)24-12-8-16(9-13-24)18(25)21-11-7-15-4-2-3-5-17(15)20/h2-6,10,16H,7-9,11-13H2,1H3,(H,21,25). The van der Waals surface area contributed by atoms with E-state index < -0.39 is 0 Å². The van der Waals surface area contributed by atoms with Gasteiger partial charge in [0.25, 0.3) is 0 Å². The van der Waals surface area contributed by atoms with Crippen molar-refractivity contribution in [3.63, 3.8) is 0 Å². The van der Waals surface area contributed by atoms with E-state index in [4.69, 9.17) is 11.6 Å². The van der Waals surface area contributed by atoms with E-state index in [0.29, 0.717) is 6.54 Å². The third kappa shape index (κ3) is 4.69. The van der Waals surface area contributed by atoms with E-state index in [1.165, 1.54) is 0 Å². The maximum Gasteiger partial charge on any atom is 0.225 e. The van der Waals surface area contributed by atoms with Gasteiger partial charge in [-0.15, -0.1) is 0 Å². The van der Waals surface area contributed by atoms with Crippen LogP contribution >= 0.6 is 11.6 Å². The van der Waals surface area contributed by atoms with Crippen LogP contribution in [-0.4, -0.2) is 35.5 Å². The summed E-state index contributed by atoms with van der Waals surface area (Å²) in [6, 6.07) is 9.64. The molecule has 2 aromatic rings. The first-order valence-corrected chi connectivity index (χ1v) is 9.07. The molecule has 1 aliphatic rings. The number of benzene rings is 1. The van der Waals surface area contributed by atoms with Gasteiger partial charge in [-0.2, -0.15) is 0 Å². The molecule has 1 aromatic heterocycles. The summed E-state index contributed by atoms with van der Waals surface area (Å²) in [5.41, 5.74) is 2.03. The van der Waals surface area contributed by atoms with Crippen LogP contribution in [0.3, 0.4) is 0 Å². The van der Waals surface area contributed by atoms with E-state index in [9.17, 15) is 4.79 Å². The number of aromatic nitrogens is 2. The Kier molecular flexibility index (Phi) is 5.87. The second kappa shape index (κ2) is 8.30. The minimum atomic E-state index is 0.0623. The van der Waals surface area contributed by atoms with Gasteiger partial charge in [-0.25, -0.2) is 9.97 Å². The SMILES string of the molecule is Cc1ccnc(N2CCC(C(=O)NCCc3ccccc3Cl)CC2)n1. The molecule has 1 saturated heterocycles. The number of rotatable bonds is 5. The molecule has 0 radical (unpaired) electrons. The molecule has 1 fully saturated rings. The molecule has 0 bridgehead atoms. The van der Waals surface area contributed by atoms with Crippen LogP contribution in [0.2, 0.25) is 5.02 Å². The molecule has 0 aliphatic carbocycles. The fourth-order valence-corrected chi connectivity index (χ4v) is 3.33. The van der Waals surface area contributed by atoms with E-state index in [1.54, 1.807) is 6.20 Å². The van der Waals surface area contributed by atoms with Crippen molar-refractivity contribution in [3.8, 4) is 0 Å². The van der Waals surface area contributed by atoms with E-state index in [1.807, 2.05) is 37.3 Å². The number of hydrogen-bond donors (Lipinski definition) is 1. The van der Waals surface area contributed by atoms with Crippen molar-refractivity contribution in [2.75, 3.05) is 24.5 Å². The third-order valence-corrected chi connectivity index (χ3v) is 4.95. The Morgan fingerprint density at radius 3 is 2.76 bits per heavy atom. The molecular formula is C19H23ClN4O. The number of anilines is 1. The van der Waals surface area contributed by atoms with Crippen molar-refractivity contribution in [2.45, 2.75) is 26.2 Å². The molecule has 0 unspecified atom stereocenters. The topological polar surface area (TPSA) is 58.1 Å². The normalized spacial score (nSPS) is 15.2. The first kappa shape index (κ1) is 17.7. The zero-order valence-electron chi connectivity index (χ0n) is 14.4. The van der Waals surface area contributed by atoms with Crippen molar-refractivity contribution < 1.29 is 4.79 Å². The van der Waals surface area contributed by atoms with Crippen LogP contribution in [0.4, 0.5) is 5.95 Å². The van der Waals surface area contributed by atoms with Gasteiger partial charge in [0, 0.05) is 42.5 Å². The summed E-state index contributed by atoms with van der Waals surface area (Å²) < 4.78 is 0. The fourth-order valence-electron chi connectivity index (χ4n) is 3.10. The Labute approximate surface area is 153 Å². The van der Waals surface area contributed by atoms with Crippen LogP contribution in [0.5, 0.6) is 0 Å². The molecule has 1 N–H and O–H groups in total. The highest BCUT2D eigenvalue weighted by Crippen LogP contribution is 2.21. The van der Waals surface area contributed by atoms with Crippen LogP contribution in [0.15, 0.2) is 36.5 Å². The number of piperidine rings is 1. The lowest BCUT2D eigenvalue weighted by molar-refractivity contribution is -0.125. The van der Waals surface area contributed by atoms with E-state index in [2.05, 4.69) is 20.2 Å². The fraction of sp³-hybridized carbons (Fsp3) is 0.421. The van der Waals surface area contributed by atoms with Crippen LogP contribution in [0, 0.1) is 12.8 Å². The molecule has 0 spiro atoms. The molecule has 0 saturated carbocycles. The molecule has 6 heteroatoms. The van der Waals surface area contributed by atoms with Crippen molar-refractivity contribution in [3.05, 3.63) is 52.8 Å². The minimum absolute atomic E-state index is 0.0623. The quantitative estimate of drug-likeness (QED) is 0.892. The predicted octanol–water partition coefficient (Wildman–Crippen LogP) is 3.01. The first-order chi connectivity index (χ1) is 12.1. The third-order valence-electron chi connectivity index (χ3n) is 4.58. The number of nitrogens with one attached hydrogen (secondary N) is 1. The smallest absolute Gasteiger partial charge is 0.225 e. The number of aryl methyl sites for hydroxylation is 1. The Balaban J connectivity index is 1.45. The van der Waals surface area contributed by atoms with Crippen LogP contribution in [0.1, 0.15) is 24.1 Å². The number of nitrogens with zero attached hydrogens (tertiary/aromatic N) is 3. The lowest BCUT2D eigenvalue weighted by Crippen LogP contribution is -2.41. The maximum atomic E-state index is 12.4. The molecule has 0 atom stereocenters. The van der Waals surface area contributed by atoms with E-state index >= 15 is 0 Å². The van der Waals surface area contributed by atoms with E-state index in [0.717, 1.165) is 54.6 Å². The summed E-state index contributed by atoms with van der Waals surface area (Å²) in [5, 5.41) is 3.80. The molecule has 1 amide bonds. The number of carbonyl (C=O) groups is 1. The average Bonchev–Trinajstić information content (AvgIpc) is 2.63. The van der Waals surface area contributed by atoms with Gasteiger partial charge in [-0.3, -0.25) is 4.79 Å². The van der Waals surface area contributed by atoms with Gasteiger partial charge in [0.05, 0.1) is 0 Å². The largest absolute Gasteiger partial charge is 0.356 e. The summed E-state index contributed by atoms with van der Waals surface area (Å²) in [4.78, 5) is 23.3. The Morgan fingerprint density at radius 2 is 2.04 bits per heavy atom. The zero-order valence-corrected chi connectivity index (χ0v) is 15.2. The van der Waals surface area contributed by atoms with Crippen LogP contribution in [0.25, 0.3) is 0 Å². The van der Waals surface area contributed by atoms with Crippen molar-refractivity contribution >= 4 is 23.5 Å². The summed E-state index contributed by atoms with van der Waals surface area (Å²) in [6.07, 6.45) is 4.19. The summed E-state index contributed by atoms with van der Waals surface area (Å²) in [7, 11) is 0. The van der Waals surface area contributed by atoms with E-state index in [-0.39, 0.29) is 11.8 Å². The number of amides is 1. The number of halogens is 1. The lowest BCUT2D eigenvalue weighted by Gasteiger charge is -2.31. The Hall–Kier alpha value is -2.14. The molecule has 1 aliphatic heterocycles. The zero-order chi connectivity index (χ0) is 17.6. The highest BCUT2D eigenvalue weighted by Gasteiger charge is 2.25. The minimum Gasteiger partial charge on any atom is -0.356 e. The molecule has 5 nitrogen and oxygen atoms in total. The average molecular weight is 359 g/mol. The van der Waals surface area contributed by atoms with Crippen LogP contribution in [-0.2, 0) is 11.2 Å². The Morgan fingerprint density at radius 1 is 1.28 bits per heavy atom. The van der Waals surface area contributed by atoms with Crippen molar-refractivity contribution in [1.29, 1.82) is 0 Å². The van der Waals surface area contributed by atoms with Crippen molar-refractivity contribution in [1.82, 2.24) is 15.3 Å². The summed E-state index contributed by atoms with van der Waals surface area (Å²) >= 11 is 6.14. The van der Waals surface area contributed by atoms with Gasteiger partial charge in [0.1, 0.15) is 0 Å². The monoisotopic (exact) mass is 358 g/mol. The van der Waals surface area contributed by atoms with Gasteiger partial charge in [0.2, 0.25) is 11.9 Å². The molecule has 3 rings (SSSR count). The number of carbonyl (C=O) groups excluding carboxylic acids is 1. The van der Waals surface area contributed by atoms with Gasteiger partial charge in [-0.1, -0.05) is 29.8 Å². The first-order valence-electron chi connectivity index (χ1n) is 8.69. The Bertz CT molecular complexity index is 729. The predicted molar refractivity (Wildman–Crippen MR) is 99.9 cm³/mol. The van der Waals surface area contributed by atoms with Crippen LogP contribution < -0.4 is 10.2 Å². The summed E-state index contributed by atoms with van der Waals surface area (Å²) in [5.74, 6) is 0.960. The molecule has 25 heavy (non-hydrogen) atoms. The highest BCUT2D eigenvalue weighted by atomic mass is 35.5. The van der Waals surface area contributed by atoms with Gasteiger partial charge in [0.15, 0.2) is 0 Å². The van der Waals surface area contributed by atoms with Gasteiger partial charge in [-0.05, 0) is 43.9 Å². The summed E-state index contributed by atoms with van der Waals surface area (Å²) in [6.45, 7) is 4.20. The molecule has 2 heterocycles. The maximum absolute atomic E-state index is 12.4.